The number of aromatic nitrogens is 2. The summed E-state index contributed by atoms with van der Waals surface area (Å²) in [6.07, 6.45) is 5.15. The number of piperazine rings is 1. The van der Waals surface area contributed by atoms with Gasteiger partial charge in [0.05, 0.1) is 16.6 Å². The normalized spacial score (nSPS) is 17.8. The van der Waals surface area contributed by atoms with Crippen LogP contribution in [0.3, 0.4) is 0 Å². The molecule has 1 saturated heterocycles. The standard InChI is InChI=1S/C24H25FN4O2S/c25-19-7-3-4-8-21(19)29-23(31)18-10-9-16(15-20(18)26-24(29)32)22(30)28-13-11-27(12-14-28)17-5-1-2-6-17/h3-4,7-10,15,17H,1-2,5-6,11-14H2,(H,26,32). The Morgan fingerprint density at radius 1 is 1.03 bits per heavy atom. The van der Waals surface area contributed by atoms with Crippen LogP contribution >= 0.6 is 12.2 Å². The molecule has 1 aromatic heterocycles. The first-order valence-electron chi connectivity index (χ1n) is 11.1. The summed E-state index contributed by atoms with van der Waals surface area (Å²) in [6, 6.07) is 11.6. The lowest BCUT2D eigenvalue weighted by atomic mass is 10.1. The number of para-hydroxylation sites is 1. The number of halogens is 1. The Bertz CT molecular complexity index is 1290. The number of carbonyl (C=O) groups excluding carboxylic acids is 1. The van der Waals surface area contributed by atoms with Crippen LogP contribution in [0.1, 0.15) is 36.0 Å². The van der Waals surface area contributed by atoms with E-state index in [1.807, 2.05) is 4.90 Å². The molecule has 0 spiro atoms. The molecule has 2 aliphatic rings. The fourth-order valence-electron chi connectivity index (χ4n) is 4.94. The first kappa shape index (κ1) is 21.0. The minimum atomic E-state index is -0.531. The Morgan fingerprint density at radius 3 is 2.47 bits per heavy atom. The fourth-order valence-corrected chi connectivity index (χ4v) is 5.24. The molecule has 0 atom stereocenters. The molecule has 1 N–H and O–H groups in total. The Kier molecular flexibility index (Phi) is 5.65. The maximum Gasteiger partial charge on any atom is 0.266 e. The quantitative estimate of drug-likeness (QED) is 0.613. The van der Waals surface area contributed by atoms with Crippen molar-refractivity contribution in [1.82, 2.24) is 19.4 Å². The van der Waals surface area contributed by atoms with Crippen molar-refractivity contribution in [3.05, 3.63) is 69.0 Å². The van der Waals surface area contributed by atoms with E-state index in [0.29, 0.717) is 35.6 Å². The van der Waals surface area contributed by atoms with Gasteiger partial charge in [0.25, 0.3) is 11.5 Å². The van der Waals surface area contributed by atoms with Crippen molar-refractivity contribution in [1.29, 1.82) is 0 Å². The molecule has 2 heterocycles. The van der Waals surface area contributed by atoms with Gasteiger partial charge >= 0.3 is 0 Å². The molecule has 2 fully saturated rings. The van der Waals surface area contributed by atoms with Crippen LogP contribution < -0.4 is 5.56 Å². The van der Waals surface area contributed by atoms with E-state index >= 15 is 0 Å². The second-order valence-corrected chi connectivity index (χ2v) is 8.94. The molecule has 32 heavy (non-hydrogen) atoms. The molecule has 0 unspecified atom stereocenters. The molecule has 3 aromatic rings. The topological polar surface area (TPSA) is 61.3 Å². The first-order valence-corrected chi connectivity index (χ1v) is 11.5. The summed E-state index contributed by atoms with van der Waals surface area (Å²) in [4.78, 5) is 33.6. The van der Waals surface area contributed by atoms with Crippen LogP contribution in [0, 0.1) is 10.6 Å². The van der Waals surface area contributed by atoms with Crippen molar-refractivity contribution < 1.29 is 9.18 Å². The SMILES string of the molecule is O=C(c1ccc2c(=O)n(-c3ccccc3F)c(=S)[nH]c2c1)N1CCN(C2CCCC2)CC1. The minimum Gasteiger partial charge on any atom is -0.336 e. The molecule has 6 nitrogen and oxygen atoms in total. The van der Waals surface area contributed by atoms with Crippen molar-refractivity contribution in [3.8, 4) is 5.69 Å². The second-order valence-electron chi connectivity index (χ2n) is 8.55. The minimum absolute atomic E-state index is 0.0458. The molecule has 8 heteroatoms. The molecule has 0 bridgehead atoms. The monoisotopic (exact) mass is 452 g/mol. The van der Waals surface area contributed by atoms with Gasteiger partial charge in [-0.2, -0.15) is 0 Å². The van der Waals surface area contributed by atoms with Crippen molar-refractivity contribution in [3.63, 3.8) is 0 Å². The first-order chi connectivity index (χ1) is 15.5. The summed E-state index contributed by atoms with van der Waals surface area (Å²) in [5.41, 5.74) is 0.669. The van der Waals surface area contributed by atoms with Crippen LogP contribution in [0.15, 0.2) is 47.3 Å². The summed E-state index contributed by atoms with van der Waals surface area (Å²) < 4.78 is 15.5. The lowest BCUT2D eigenvalue weighted by Gasteiger charge is -2.38. The Balaban J connectivity index is 1.41. The highest BCUT2D eigenvalue weighted by molar-refractivity contribution is 7.71. The number of rotatable bonds is 3. The van der Waals surface area contributed by atoms with Gasteiger partial charge in [0, 0.05) is 37.8 Å². The Morgan fingerprint density at radius 2 is 1.75 bits per heavy atom. The molecule has 5 rings (SSSR count). The van der Waals surface area contributed by atoms with Gasteiger partial charge in [0.1, 0.15) is 5.82 Å². The maximum atomic E-state index is 14.3. The van der Waals surface area contributed by atoms with Crippen LogP contribution in [0.5, 0.6) is 0 Å². The lowest BCUT2D eigenvalue weighted by molar-refractivity contribution is 0.0573. The third kappa shape index (κ3) is 3.78. The predicted octanol–water partition coefficient (Wildman–Crippen LogP) is 3.89. The molecule has 1 aliphatic carbocycles. The van der Waals surface area contributed by atoms with Crippen molar-refractivity contribution >= 4 is 29.0 Å². The zero-order valence-corrected chi connectivity index (χ0v) is 18.5. The Hall–Kier alpha value is -2.84. The van der Waals surface area contributed by atoms with E-state index in [0.717, 1.165) is 17.7 Å². The van der Waals surface area contributed by atoms with E-state index in [2.05, 4.69) is 9.88 Å². The average molecular weight is 453 g/mol. The summed E-state index contributed by atoms with van der Waals surface area (Å²) in [5.74, 6) is -0.576. The molecule has 1 amide bonds. The van der Waals surface area contributed by atoms with Crippen LogP contribution in [-0.4, -0.2) is 57.5 Å². The highest BCUT2D eigenvalue weighted by atomic mass is 32.1. The Labute approximate surface area is 190 Å². The van der Waals surface area contributed by atoms with Gasteiger partial charge in [0.2, 0.25) is 0 Å². The third-order valence-electron chi connectivity index (χ3n) is 6.68. The number of hydrogen-bond acceptors (Lipinski definition) is 4. The van der Waals surface area contributed by atoms with Gasteiger partial charge in [-0.05, 0) is 55.4 Å². The maximum absolute atomic E-state index is 14.3. The lowest BCUT2D eigenvalue weighted by Crippen LogP contribution is -2.51. The molecule has 166 valence electrons. The van der Waals surface area contributed by atoms with Gasteiger partial charge in [-0.3, -0.25) is 14.5 Å². The van der Waals surface area contributed by atoms with Gasteiger partial charge in [-0.25, -0.2) is 8.96 Å². The third-order valence-corrected chi connectivity index (χ3v) is 6.97. The number of amides is 1. The molecule has 0 radical (unpaired) electrons. The number of benzene rings is 2. The number of nitrogens with one attached hydrogen (secondary N) is 1. The van der Waals surface area contributed by atoms with Crippen LogP contribution in [0.2, 0.25) is 0 Å². The average Bonchev–Trinajstić information content (AvgIpc) is 3.34. The number of hydrogen-bond donors (Lipinski definition) is 1. The van der Waals surface area contributed by atoms with E-state index in [4.69, 9.17) is 12.2 Å². The number of carbonyl (C=O) groups is 1. The molecule has 1 saturated carbocycles. The van der Waals surface area contributed by atoms with Crippen molar-refractivity contribution in [2.24, 2.45) is 0 Å². The molecular weight excluding hydrogens is 427 g/mol. The zero-order chi connectivity index (χ0) is 22.2. The highest BCUT2D eigenvalue weighted by Gasteiger charge is 2.28. The van der Waals surface area contributed by atoms with E-state index < -0.39 is 11.4 Å². The van der Waals surface area contributed by atoms with Crippen LogP contribution in [-0.2, 0) is 0 Å². The molecule has 2 aromatic carbocycles. The number of H-pyrrole nitrogens is 1. The zero-order valence-electron chi connectivity index (χ0n) is 17.7. The van der Waals surface area contributed by atoms with Gasteiger partial charge < -0.3 is 9.88 Å². The van der Waals surface area contributed by atoms with E-state index in [-0.39, 0.29) is 16.4 Å². The highest BCUT2D eigenvalue weighted by Crippen LogP contribution is 2.25. The molecule has 1 aliphatic heterocycles. The molecular formula is C24H25FN4O2S. The van der Waals surface area contributed by atoms with Crippen LogP contribution in [0.25, 0.3) is 16.6 Å². The van der Waals surface area contributed by atoms with E-state index in [9.17, 15) is 14.0 Å². The number of aromatic amines is 1. The predicted molar refractivity (Wildman–Crippen MR) is 124 cm³/mol. The van der Waals surface area contributed by atoms with Crippen LogP contribution in [0.4, 0.5) is 4.39 Å². The van der Waals surface area contributed by atoms with E-state index in [1.165, 1.54) is 37.8 Å². The number of nitrogens with zero attached hydrogens (tertiary/aromatic N) is 3. The number of fused-ring (bicyclic) bond motifs is 1. The van der Waals surface area contributed by atoms with Crippen molar-refractivity contribution in [2.75, 3.05) is 26.2 Å². The summed E-state index contributed by atoms with van der Waals surface area (Å²) in [5, 5.41) is 0.351. The van der Waals surface area contributed by atoms with Gasteiger partial charge in [-0.1, -0.05) is 25.0 Å². The van der Waals surface area contributed by atoms with Crippen molar-refractivity contribution in [2.45, 2.75) is 31.7 Å². The second kappa shape index (κ2) is 8.60. The summed E-state index contributed by atoms with van der Waals surface area (Å²) >= 11 is 5.35. The largest absolute Gasteiger partial charge is 0.336 e. The fraction of sp³-hybridized carbons (Fsp3) is 0.375. The summed E-state index contributed by atoms with van der Waals surface area (Å²) in [6.45, 7) is 3.22. The van der Waals surface area contributed by atoms with E-state index in [1.54, 1.807) is 30.3 Å². The van der Waals surface area contributed by atoms with Gasteiger partial charge in [-0.15, -0.1) is 0 Å². The smallest absolute Gasteiger partial charge is 0.266 e. The summed E-state index contributed by atoms with van der Waals surface area (Å²) in [7, 11) is 0. The van der Waals surface area contributed by atoms with Gasteiger partial charge in [0.15, 0.2) is 4.77 Å².